The van der Waals surface area contributed by atoms with E-state index < -0.39 is 0 Å². The molecule has 26 heavy (non-hydrogen) atoms. The number of anilines is 1. The third-order valence-electron chi connectivity index (χ3n) is 4.59. The molecule has 8 nitrogen and oxygen atoms in total. The summed E-state index contributed by atoms with van der Waals surface area (Å²) in [6, 6.07) is 7.11. The van der Waals surface area contributed by atoms with E-state index in [-0.39, 0.29) is 18.0 Å². The van der Waals surface area contributed by atoms with Gasteiger partial charge in [0.05, 0.1) is 18.5 Å². The highest BCUT2D eigenvalue weighted by atomic mass is 16.5. The minimum atomic E-state index is -0.346. The molecular formula is C18H19N5O3. The van der Waals surface area contributed by atoms with Gasteiger partial charge in [0, 0.05) is 5.56 Å². The molecule has 0 spiro atoms. The Morgan fingerprint density at radius 2 is 2.08 bits per heavy atom. The molecule has 0 saturated heterocycles. The number of nitrogens with zero attached hydrogens (tertiary/aromatic N) is 4. The highest BCUT2D eigenvalue weighted by Gasteiger charge is 2.20. The van der Waals surface area contributed by atoms with Crippen molar-refractivity contribution in [1.29, 1.82) is 0 Å². The van der Waals surface area contributed by atoms with E-state index in [1.54, 1.807) is 18.2 Å². The van der Waals surface area contributed by atoms with Crippen molar-refractivity contribution in [1.82, 2.24) is 19.4 Å². The van der Waals surface area contributed by atoms with Crippen LogP contribution in [0, 0.1) is 0 Å². The van der Waals surface area contributed by atoms with Crippen molar-refractivity contribution in [3.05, 3.63) is 52.2 Å². The van der Waals surface area contributed by atoms with E-state index in [1.807, 2.05) is 6.07 Å². The number of benzene rings is 1. The molecule has 1 aliphatic carbocycles. The third-order valence-corrected chi connectivity index (χ3v) is 4.59. The maximum atomic E-state index is 12.8. The summed E-state index contributed by atoms with van der Waals surface area (Å²) in [7, 11) is 1.54. The Labute approximate surface area is 149 Å². The minimum absolute atomic E-state index is 0.173. The second-order valence-corrected chi connectivity index (χ2v) is 6.27. The van der Waals surface area contributed by atoms with Gasteiger partial charge >= 0.3 is 0 Å². The zero-order valence-corrected chi connectivity index (χ0v) is 14.4. The number of aryl methyl sites for hydroxylation is 2. The number of hydrogen-bond acceptors (Lipinski definition) is 5. The van der Waals surface area contributed by atoms with Crippen molar-refractivity contribution >= 4 is 17.1 Å². The first kappa shape index (κ1) is 16.3. The number of para-hydroxylation sites is 2. The first-order valence-corrected chi connectivity index (χ1v) is 8.56. The zero-order chi connectivity index (χ0) is 18.1. The van der Waals surface area contributed by atoms with E-state index >= 15 is 0 Å². The number of carbonyl (C=O) groups excluding carboxylic acids is 1. The summed E-state index contributed by atoms with van der Waals surface area (Å²) in [6.45, 7) is -0.173. The molecule has 2 aromatic heterocycles. The summed E-state index contributed by atoms with van der Waals surface area (Å²) < 4.78 is 7.93. The quantitative estimate of drug-likeness (QED) is 0.766. The van der Waals surface area contributed by atoms with E-state index in [1.165, 1.54) is 22.6 Å². The van der Waals surface area contributed by atoms with Gasteiger partial charge in [0.25, 0.3) is 5.56 Å². The molecule has 0 radical (unpaired) electrons. The molecule has 8 heteroatoms. The molecule has 0 aliphatic heterocycles. The third kappa shape index (κ3) is 2.83. The fourth-order valence-corrected chi connectivity index (χ4v) is 3.36. The maximum absolute atomic E-state index is 12.8. The van der Waals surface area contributed by atoms with Crippen LogP contribution in [0.25, 0.3) is 5.52 Å². The molecule has 2 heterocycles. The molecule has 1 amide bonds. The fourth-order valence-electron chi connectivity index (χ4n) is 3.36. The van der Waals surface area contributed by atoms with Gasteiger partial charge in [0.2, 0.25) is 5.91 Å². The number of fused-ring (bicyclic) bond motifs is 3. The van der Waals surface area contributed by atoms with E-state index in [9.17, 15) is 9.59 Å². The van der Waals surface area contributed by atoms with Gasteiger partial charge < -0.3 is 10.1 Å². The van der Waals surface area contributed by atoms with Crippen molar-refractivity contribution < 1.29 is 9.53 Å². The average Bonchev–Trinajstić information content (AvgIpc) is 3.04. The summed E-state index contributed by atoms with van der Waals surface area (Å²) in [5, 5.41) is 11.3. The average molecular weight is 353 g/mol. The fraction of sp³-hybridized carbons (Fsp3) is 0.333. The first-order valence-electron chi connectivity index (χ1n) is 8.56. The Morgan fingerprint density at radius 3 is 2.92 bits per heavy atom. The van der Waals surface area contributed by atoms with Gasteiger partial charge in [-0.25, -0.2) is 9.20 Å². The van der Waals surface area contributed by atoms with E-state index in [0.717, 1.165) is 36.9 Å². The van der Waals surface area contributed by atoms with E-state index in [0.29, 0.717) is 17.0 Å². The van der Waals surface area contributed by atoms with Gasteiger partial charge in [-0.3, -0.25) is 9.59 Å². The second-order valence-electron chi connectivity index (χ2n) is 6.27. The van der Waals surface area contributed by atoms with Crippen molar-refractivity contribution in [2.24, 2.45) is 0 Å². The summed E-state index contributed by atoms with van der Waals surface area (Å²) in [5.74, 6) is 0.211. The van der Waals surface area contributed by atoms with Crippen molar-refractivity contribution in [2.45, 2.75) is 32.2 Å². The largest absolute Gasteiger partial charge is 0.495 e. The first-order chi connectivity index (χ1) is 12.7. The molecule has 0 atom stereocenters. The van der Waals surface area contributed by atoms with Crippen LogP contribution in [0.15, 0.2) is 35.4 Å². The summed E-state index contributed by atoms with van der Waals surface area (Å²) in [6.07, 6.45) is 5.34. The van der Waals surface area contributed by atoms with Crippen LogP contribution < -0.4 is 15.6 Å². The topological polar surface area (TPSA) is 90.5 Å². The van der Waals surface area contributed by atoms with Crippen LogP contribution in [0.4, 0.5) is 5.69 Å². The molecule has 0 fully saturated rings. The lowest BCUT2D eigenvalue weighted by molar-refractivity contribution is -0.117. The number of carbonyl (C=O) groups is 1. The molecule has 3 aromatic rings. The summed E-state index contributed by atoms with van der Waals surface area (Å²) in [5.41, 5.74) is 2.74. The van der Waals surface area contributed by atoms with E-state index in [4.69, 9.17) is 4.74 Å². The van der Waals surface area contributed by atoms with Crippen LogP contribution in [-0.4, -0.2) is 32.4 Å². The van der Waals surface area contributed by atoms with Crippen LogP contribution in [0.3, 0.4) is 0 Å². The van der Waals surface area contributed by atoms with E-state index in [2.05, 4.69) is 15.5 Å². The molecule has 4 rings (SSSR count). The number of methoxy groups -OCH3 is 1. The zero-order valence-electron chi connectivity index (χ0n) is 14.4. The van der Waals surface area contributed by atoms with Crippen LogP contribution in [-0.2, 0) is 24.2 Å². The highest BCUT2D eigenvalue weighted by Crippen LogP contribution is 2.23. The summed E-state index contributed by atoms with van der Waals surface area (Å²) >= 11 is 0. The Kier molecular flexibility index (Phi) is 4.16. The van der Waals surface area contributed by atoms with Crippen molar-refractivity contribution in [2.75, 3.05) is 12.4 Å². The molecule has 0 unspecified atom stereocenters. The number of amides is 1. The summed E-state index contributed by atoms with van der Waals surface area (Å²) in [4.78, 5) is 25.2. The minimum Gasteiger partial charge on any atom is -0.495 e. The monoisotopic (exact) mass is 353 g/mol. The lowest BCUT2D eigenvalue weighted by Crippen LogP contribution is -2.31. The Hall–Kier alpha value is -3.16. The standard InChI is InChI=1S/C18H19N5O3/c1-26-15-9-5-4-8-14(15)20-16(24)10-22-18(25)17-12-6-2-3-7-13(12)21-23(17)11-19-22/h4-5,8-9,11H,2-3,6-7,10H2,1H3,(H,20,24). The molecule has 134 valence electrons. The van der Waals surface area contributed by atoms with Crippen LogP contribution in [0.2, 0.25) is 0 Å². The second kappa shape index (κ2) is 6.62. The van der Waals surface area contributed by atoms with Gasteiger partial charge in [0.1, 0.15) is 24.1 Å². The predicted molar refractivity (Wildman–Crippen MR) is 95.5 cm³/mol. The van der Waals surface area contributed by atoms with Gasteiger partial charge in [-0.05, 0) is 37.8 Å². The van der Waals surface area contributed by atoms with Gasteiger partial charge in [-0.1, -0.05) is 12.1 Å². The number of nitrogens with one attached hydrogen (secondary N) is 1. The lowest BCUT2D eigenvalue weighted by Gasteiger charge is -2.11. The Morgan fingerprint density at radius 1 is 1.27 bits per heavy atom. The molecule has 1 aliphatic rings. The molecule has 0 saturated carbocycles. The molecular weight excluding hydrogens is 334 g/mol. The van der Waals surface area contributed by atoms with Crippen molar-refractivity contribution in [3.8, 4) is 5.75 Å². The number of rotatable bonds is 4. The van der Waals surface area contributed by atoms with Gasteiger partial charge in [-0.15, -0.1) is 0 Å². The van der Waals surface area contributed by atoms with Crippen LogP contribution in [0.5, 0.6) is 5.75 Å². The molecule has 1 aromatic carbocycles. The Bertz CT molecular complexity index is 1040. The number of ether oxygens (including phenoxy) is 1. The Balaban J connectivity index is 1.62. The van der Waals surface area contributed by atoms with Gasteiger partial charge in [-0.2, -0.15) is 10.2 Å². The molecule has 1 N–H and O–H groups in total. The van der Waals surface area contributed by atoms with Crippen LogP contribution >= 0.6 is 0 Å². The number of hydrogen-bond donors (Lipinski definition) is 1. The normalized spacial score (nSPS) is 13.4. The highest BCUT2D eigenvalue weighted by molar-refractivity contribution is 5.92. The SMILES string of the molecule is COc1ccccc1NC(=O)Cn1ncn2nc3c(c2c1=O)CCCC3. The molecule has 0 bridgehead atoms. The van der Waals surface area contributed by atoms with Crippen LogP contribution in [0.1, 0.15) is 24.1 Å². The maximum Gasteiger partial charge on any atom is 0.293 e. The predicted octanol–water partition coefficient (Wildman–Crippen LogP) is 1.42. The smallest absolute Gasteiger partial charge is 0.293 e. The van der Waals surface area contributed by atoms with Gasteiger partial charge in [0.15, 0.2) is 0 Å². The lowest BCUT2D eigenvalue weighted by atomic mass is 9.97. The number of aromatic nitrogens is 4. The van der Waals surface area contributed by atoms with Crippen molar-refractivity contribution in [3.63, 3.8) is 0 Å².